The molecule has 4 fully saturated rings. The average molecular weight is 426 g/mol. The topological polar surface area (TPSA) is 0 Å². The second-order valence-corrected chi connectivity index (χ2v) is 10.3. The number of benzene rings is 1. The molecular weight excluding hydrogens is 408 g/mol. The highest BCUT2D eigenvalue weighted by atomic mass is 79.9. The number of terminal acetylenes is 1. The maximum Gasteiger partial charge on any atom is 0.0532 e. The summed E-state index contributed by atoms with van der Waals surface area (Å²) in [6.45, 7) is 0. The van der Waals surface area contributed by atoms with Gasteiger partial charge in [0.25, 0.3) is 0 Å². The van der Waals surface area contributed by atoms with Crippen LogP contribution in [-0.2, 0) is 0 Å². The van der Waals surface area contributed by atoms with Crippen molar-refractivity contribution in [3.8, 4) is 12.3 Å². The molecule has 0 atom stereocenters. The highest BCUT2D eigenvalue weighted by molar-refractivity contribution is 9.11. The third-order valence-electron chi connectivity index (χ3n) is 5.50. The van der Waals surface area contributed by atoms with Gasteiger partial charge in [0, 0.05) is 18.6 Å². The van der Waals surface area contributed by atoms with Crippen molar-refractivity contribution in [1.82, 2.24) is 0 Å². The van der Waals surface area contributed by atoms with E-state index in [0.717, 1.165) is 32.3 Å². The second kappa shape index (κ2) is 5.32. The van der Waals surface area contributed by atoms with Gasteiger partial charge < -0.3 is 0 Å². The lowest BCUT2D eigenvalue weighted by atomic mass is 9.56. The molecule has 0 amide bonds. The molecule has 0 nitrogen and oxygen atoms in total. The Morgan fingerprint density at radius 1 is 1.00 bits per heavy atom. The Labute approximate surface area is 148 Å². The van der Waals surface area contributed by atoms with E-state index in [1.165, 1.54) is 43.4 Å². The fraction of sp³-hybridized carbons (Fsp3) is 0.556. The van der Waals surface area contributed by atoms with E-state index in [4.69, 9.17) is 6.42 Å². The number of hydrogen-bond donors (Lipinski definition) is 0. The van der Waals surface area contributed by atoms with E-state index < -0.39 is 0 Å². The Hall–Kier alpha value is 0.0900. The Kier molecular flexibility index (Phi) is 3.72. The summed E-state index contributed by atoms with van der Waals surface area (Å²) in [4.78, 5) is 1.27. The molecule has 0 heterocycles. The van der Waals surface area contributed by atoms with Crippen molar-refractivity contribution in [1.29, 1.82) is 0 Å². The zero-order valence-corrected chi connectivity index (χ0v) is 15.9. The van der Waals surface area contributed by atoms with Crippen molar-refractivity contribution in [3.63, 3.8) is 0 Å². The van der Waals surface area contributed by atoms with Gasteiger partial charge in [0.15, 0.2) is 0 Å². The summed E-state index contributed by atoms with van der Waals surface area (Å²) in [6.07, 6.45) is 14.4. The maximum absolute atomic E-state index is 5.77. The third kappa shape index (κ3) is 2.52. The van der Waals surface area contributed by atoms with Crippen LogP contribution in [0, 0.1) is 30.1 Å². The predicted octanol–water partition coefficient (Wildman–Crippen LogP) is 6.25. The first-order valence-electron chi connectivity index (χ1n) is 7.72. The fourth-order valence-corrected chi connectivity index (χ4v) is 8.12. The highest BCUT2D eigenvalue weighted by Crippen LogP contribution is 2.62. The smallest absolute Gasteiger partial charge is 0.0532 e. The van der Waals surface area contributed by atoms with Crippen molar-refractivity contribution in [2.75, 3.05) is 0 Å². The average Bonchev–Trinajstić information content (AvgIpc) is 2.41. The van der Waals surface area contributed by atoms with Gasteiger partial charge in [-0.1, -0.05) is 5.92 Å². The van der Waals surface area contributed by atoms with Gasteiger partial charge in [0.1, 0.15) is 0 Å². The second-order valence-electron chi connectivity index (χ2n) is 7.08. The number of hydrogen-bond acceptors (Lipinski definition) is 1. The molecule has 0 saturated heterocycles. The van der Waals surface area contributed by atoms with Crippen LogP contribution in [0.4, 0.5) is 0 Å². The van der Waals surface area contributed by atoms with E-state index in [1.54, 1.807) is 0 Å². The Balaban J connectivity index is 1.71. The molecule has 0 aromatic heterocycles. The van der Waals surface area contributed by atoms with Crippen LogP contribution < -0.4 is 0 Å². The van der Waals surface area contributed by atoms with Gasteiger partial charge in [-0.25, -0.2) is 0 Å². The molecule has 0 radical (unpaired) electrons. The number of rotatable bonds is 2. The maximum atomic E-state index is 5.77. The molecule has 110 valence electrons. The van der Waals surface area contributed by atoms with E-state index in [-0.39, 0.29) is 0 Å². The van der Waals surface area contributed by atoms with Crippen LogP contribution in [0.3, 0.4) is 0 Å². The molecule has 4 saturated carbocycles. The Morgan fingerprint density at radius 2 is 1.52 bits per heavy atom. The van der Waals surface area contributed by atoms with Crippen molar-refractivity contribution < 1.29 is 0 Å². The summed E-state index contributed by atoms with van der Waals surface area (Å²) in [6, 6.07) is 4.16. The quantitative estimate of drug-likeness (QED) is 0.504. The standard InChI is InChI=1S/C18H18Br2S/c1-2-14-15(19)3-4-16(20)17(14)21-18-8-11-5-12(9-18)7-13(6-11)10-18/h1,3-4,11-13H,5-10H2. The van der Waals surface area contributed by atoms with Gasteiger partial charge >= 0.3 is 0 Å². The van der Waals surface area contributed by atoms with Crippen LogP contribution in [0.5, 0.6) is 0 Å². The molecule has 0 spiro atoms. The van der Waals surface area contributed by atoms with Gasteiger partial charge in [-0.05, 0) is 100 Å². The largest absolute Gasteiger partial charge is 0.117 e. The van der Waals surface area contributed by atoms with Crippen LogP contribution in [0.25, 0.3) is 0 Å². The molecule has 21 heavy (non-hydrogen) atoms. The predicted molar refractivity (Wildman–Crippen MR) is 96.5 cm³/mol. The van der Waals surface area contributed by atoms with Gasteiger partial charge in [-0.15, -0.1) is 18.2 Å². The molecule has 3 heteroatoms. The normalized spacial score (nSPS) is 36.7. The Morgan fingerprint density at radius 3 is 2.05 bits per heavy atom. The van der Waals surface area contributed by atoms with E-state index in [2.05, 4.69) is 55.6 Å². The lowest BCUT2D eigenvalue weighted by Gasteiger charge is -2.56. The monoisotopic (exact) mass is 424 g/mol. The molecule has 4 aliphatic carbocycles. The lowest BCUT2D eigenvalue weighted by Crippen LogP contribution is -2.48. The van der Waals surface area contributed by atoms with Crippen molar-refractivity contribution in [2.45, 2.75) is 48.2 Å². The number of thioether (sulfide) groups is 1. The molecule has 0 aliphatic heterocycles. The number of halogens is 2. The summed E-state index contributed by atoms with van der Waals surface area (Å²) in [5, 5.41) is 0. The zero-order chi connectivity index (χ0) is 14.6. The van der Waals surface area contributed by atoms with Crippen LogP contribution in [0.15, 0.2) is 26.0 Å². The summed E-state index contributed by atoms with van der Waals surface area (Å²) >= 11 is 9.41. The summed E-state index contributed by atoms with van der Waals surface area (Å²) in [5.74, 6) is 5.82. The van der Waals surface area contributed by atoms with E-state index in [9.17, 15) is 0 Å². The summed E-state index contributed by atoms with van der Waals surface area (Å²) in [7, 11) is 0. The van der Waals surface area contributed by atoms with Crippen molar-refractivity contribution >= 4 is 43.6 Å². The van der Waals surface area contributed by atoms with E-state index >= 15 is 0 Å². The minimum atomic E-state index is 0.448. The SMILES string of the molecule is C#Cc1c(Br)ccc(Br)c1SC12CC3CC(CC(C3)C1)C2. The van der Waals surface area contributed by atoms with Gasteiger partial charge in [0.05, 0.1) is 5.56 Å². The minimum Gasteiger partial charge on any atom is -0.117 e. The zero-order valence-electron chi connectivity index (χ0n) is 11.9. The minimum absolute atomic E-state index is 0.448. The van der Waals surface area contributed by atoms with E-state index in [0.29, 0.717) is 4.75 Å². The molecule has 0 unspecified atom stereocenters. The van der Waals surface area contributed by atoms with E-state index in [1.807, 2.05) is 6.07 Å². The van der Waals surface area contributed by atoms with Crippen molar-refractivity contribution in [3.05, 3.63) is 26.6 Å². The van der Waals surface area contributed by atoms with Crippen LogP contribution >= 0.6 is 43.6 Å². The highest BCUT2D eigenvalue weighted by Gasteiger charge is 2.51. The van der Waals surface area contributed by atoms with Gasteiger partial charge in [0.2, 0.25) is 0 Å². The molecule has 4 aliphatic rings. The lowest BCUT2D eigenvalue weighted by molar-refractivity contribution is 0.0383. The third-order valence-corrected chi connectivity index (χ3v) is 8.65. The molecular formula is C18H18Br2S. The first-order chi connectivity index (χ1) is 10.1. The first kappa shape index (κ1) is 14.7. The fourth-order valence-electron chi connectivity index (χ4n) is 5.14. The van der Waals surface area contributed by atoms with Crippen LogP contribution in [0.2, 0.25) is 0 Å². The van der Waals surface area contributed by atoms with Gasteiger partial charge in [-0.2, -0.15) is 0 Å². The van der Waals surface area contributed by atoms with Gasteiger partial charge in [-0.3, -0.25) is 0 Å². The summed E-state index contributed by atoms with van der Waals surface area (Å²) < 4.78 is 2.64. The molecule has 4 bridgehead atoms. The molecule has 0 N–H and O–H groups in total. The Bertz CT molecular complexity index is 594. The van der Waals surface area contributed by atoms with Crippen LogP contribution in [0.1, 0.15) is 44.1 Å². The summed E-state index contributed by atoms with van der Waals surface area (Å²) in [5.41, 5.74) is 1.02. The molecule has 1 aromatic carbocycles. The molecule has 1 aromatic rings. The molecule has 5 rings (SSSR count). The first-order valence-corrected chi connectivity index (χ1v) is 10.1. The van der Waals surface area contributed by atoms with Crippen molar-refractivity contribution in [2.24, 2.45) is 17.8 Å². The van der Waals surface area contributed by atoms with Crippen LogP contribution in [-0.4, -0.2) is 4.75 Å².